The van der Waals surface area contributed by atoms with E-state index in [4.69, 9.17) is 5.21 Å². The summed E-state index contributed by atoms with van der Waals surface area (Å²) in [6.07, 6.45) is 23.3. The summed E-state index contributed by atoms with van der Waals surface area (Å²) in [5.41, 5.74) is 7.38. The third kappa shape index (κ3) is 19.9. The first-order chi connectivity index (χ1) is 14.2. The molecule has 0 saturated carbocycles. The minimum Gasteiger partial charge on any atom is -0.314 e. The Hall–Kier alpha value is -1.38. The van der Waals surface area contributed by atoms with Crippen LogP contribution in [0.1, 0.15) is 106 Å². The van der Waals surface area contributed by atoms with Gasteiger partial charge in [0, 0.05) is 13.6 Å². The molecule has 1 N–H and O–H groups in total. The van der Waals surface area contributed by atoms with Crippen LogP contribution in [0.25, 0.3) is 0 Å². The van der Waals surface area contributed by atoms with E-state index in [0.29, 0.717) is 0 Å². The van der Waals surface area contributed by atoms with Crippen molar-refractivity contribution < 1.29 is 5.21 Å². The van der Waals surface area contributed by atoms with E-state index >= 15 is 0 Å². The second-order valence-electron chi connectivity index (χ2n) is 9.16. The summed E-state index contributed by atoms with van der Waals surface area (Å²) in [5, 5.41) is 10.4. The van der Waals surface area contributed by atoms with Gasteiger partial charge in [-0.15, -0.1) is 0 Å². The van der Waals surface area contributed by atoms with E-state index in [1.165, 1.54) is 52.2 Å². The molecule has 0 rings (SSSR count). The van der Waals surface area contributed by atoms with Crippen LogP contribution >= 0.6 is 0 Å². The Morgan fingerprint density at radius 2 is 0.933 bits per heavy atom. The topological polar surface area (TPSA) is 23.5 Å². The minimum absolute atomic E-state index is 0.739. The molecule has 0 atom stereocenters. The molecule has 2 nitrogen and oxygen atoms in total. The van der Waals surface area contributed by atoms with Crippen molar-refractivity contribution in [3.8, 4) is 0 Å². The van der Waals surface area contributed by atoms with Gasteiger partial charge in [-0.2, -0.15) is 5.06 Å². The van der Waals surface area contributed by atoms with Crippen LogP contribution in [0.5, 0.6) is 0 Å². The van der Waals surface area contributed by atoms with E-state index in [1.54, 1.807) is 7.05 Å². The minimum atomic E-state index is 0.739. The van der Waals surface area contributed by atoms with E-state index in [-0.39, 0.29) is 0 Å². The highest BCUT2D eigenvalue weighted by Gasteiger charge is 1.96. The number of hydrogen-bond acceptors (Lipinski definition) is 2. The van der Waals surface area contributed by atoms with Crippen molar-refractivity contribution in [3.05, 3.63) is 58.2 Å². The van der Waals surface area contributed by atoms with E-state index in [1.807, 2.05) is 0 Å². The average Bonchev–Trinajstić information content (AvgIpc) is 2.64. The molecule has 0 aliphatic rings. The lowest BCUT2D eigenvalue weighted by molar-refractivity contribution is -0.0650. The van der Waals surface area contributed by atoms with Crippen molar-refractivity contribution in [2.75, 3.05) is 13.6 Å². The molecular formula is C28H49NO. The fourth-order valence-corrected chi connectivity index (χ4v) is 3.34. The Balaban J connectivity index is 4.01. The van der Waals surface area contributed by atoms with Gasteiger partial charge in [0.1, 0.15) is 0 Å². The van der Waals surface area contributed by atoms with Crippen LogP contribution in [-0.2, 0) is 0 Å². The maximum atomic E-state index is 9.16. The van der Waals surface area contributed by atoms with Gasteiger partial charge in [0.15, 0.2) is 0 Å². The lowest BCUT2D eigenvalue weighted by Gasteiger charge is -2.07. The molecule has 0 spiro atoms. The fourth-order valence-electron chi connectivity index (χ4n) is 3.34. The molecule has 0 amide bonds. The molecule has 0 aromatic carbocycles. The molecule has 172 valence electrons. The molecule has 0 heterocycles. The number of rotatable bonds is 16. The van der Waals surface area contributed by atoms with Gasteiger partial charge < -0.3 is 5.21 Å². The highest BCUT2D eigenvalue weighted by Crippen LogP contribution is 2.14. The Morgan fingerprint density at radius 3 is 1.33 bits per heavy atom. The van der Waals surface area contributed by atoms with Gasteiger partial charge in [-0.3, -0.25) is 0 Å². The number of hydrogen-bond donors (Lipinski definition) is 1. The first kappa shape index (κ1) is 28.6. The predicted molar refractivity (Wildman–Crippen MR) is 135 cm³/mol. The van der Waals surface area contributed by atoms with Crippen molar-refractivity contribution in [1.82, 2.24) is 5.06 Å². The second kappa shape index (κ2) is 18.4. The van der Waals surface area contributed by atoms with Gasteiger partial charge in [-0.05, 0) is 106 Å². The Bertz CT molecular complexity index is 598. The Morgan fingerprint density at radius 1 is 0.567 bits per heavy atom. The quantitative estimate of drug-likeness (QED) is 0.154. The first-order valence-corrected chi connectivity index (χ1v) is 11.9. The van der Waals surface area contributed by atoms with Crippen molar-refractivity contribution in [2.45, 2.75) is 106 Å². The number of unbranched alkanes of at least 4 members (excludes halogenated alkanes) is 1. The summed E-state index contributed by atoms with van der Waals surface area (Å²) < 4.78 is 0. The van der Waals surface area contributed by atoms with Gasteiger partial charge in [0.05, 0.1) is 0 Å². The molecule has 0 unspecified atom stereocenters. The summed E-state index contributed by atoms with van der Waals surface area (Å²) in [7, 11) is 1.70. The molecular weight excluding hydrogens is 366 g/mol. The van der Waals surface area contributed by atoms with Gasteiger partial charge in [0.2, 0.25) is 0 Å². The molecule has 0 aromatic heterocycles. The average molecular weight is 416 g/mol. The number of nitrogens with zero attached hydrogens (tertiary/aromatic N) is 1. The van der Waals surface area contributed by atoms with Crippen LogP contribution in [0, 0.1) is 0 Å². The standard InChI is InChI=1S/C28H49NO/c1-24(2)14-10-17-27(5)20-11-18-25(3)15-8-9-16-26(4)19-12-21-28(6)22-13-23-29(7)30/h14-16,20-21,30H,8-13,17-19,22-23H2,1-7H3/b25-15+,26-16+,27-20+,28-21+. The van der Waals surface area contributed by atoms with Gasteiger partial charge in [-0.1, -0.05) is 58.2 Å². The van der Waals surface area contributed by atoms with Crippen LogP contribution in [0.2, 0.25) is 0 Å². The van der Waals surface area contributed by atoms with Crippen LogP contribution in [-0.4, -0.2) is 23.9 Å². The zero-order valence-corrected chi connectivity index (χ0v) is 21.1. The summed E-state index contributed by atoms with van der Waals surface area (Å²) >= 11 is 0. The summed E-state index contributed by atoms with van der Waals surface area (Å²) in [5.74, 6) is 0. The number of allylic oxidation sites excluding steroid dienone is 10. The summed E-state index contributed by atoms with van der Waals surface area (Å²) in [4.78, 5) is 0. The van der Waals surface area contributed by atoms with Gasteiger partial charge >= 0.3 is 0 Å². The molecule has 2 heteroatoms. The largest absolute Gasteiger partial charge is 0.314 e. The van der Waals surface area contributed by atoms with Crippen LogP contribution < -0.4 is 0 Å². The Kier molecular flexibility index (Phi) is 17.5. The normalized spacial score (nSPS) is 13.9. The molecule has 30 heavy (non-hydrogen) atoms. The van der Waals surface area contributed by atoms with Crippen molar-refractivity contribution in [2.24, 2.45) is 0 Å². The third-order valence-electron chi connectivity index (χ3n) is 5.36. The fraction of sp³-hybridized carbons (Fsp3) is 0.643. The smallest absolute Gasteiger partial charge is 0.0238 e. The zero-order valence-electron chi connectivity index (χ0n) is 21.1. The molecule has 0 fully saturated rings. The SMILES string of the molecule is CC(C)=CCC/C(C)=C/CC/C(C)=C/CC/C=C(\C)CC/C=C(\C)CCCN(C)O. The molecule has 0 saturated heterocycles. The van der Waals surface area contributed by atoms with Crippen molar-refractivity contribution >= 4 is 0 Å². The number of hydroxylamine groups is 2. The first-order valence-electron chi connectivity index (χ1n) is 11.9. The van der Waals surface area contributed by atoms with Crippen LogP contribution in [0.15, 0.2) is 58.2 Å². The lowest BCUT2D eigenvalue weighted by Crippen LogP contribution is -2.13. The highest BCUT2D eigenvalue weighted by atomic mass is 16.5. The van der Waals surface area contributed by atoms with Crippen LogP contribution in [0.3, 0.4) is 0 Å². The predicted octanol–water partition coefficient (Wildman–Crippen LogP) is 8.96. The molecule has 0 radical (unpaired) electrons. The summed E-state index contributed by atoms with van der Waals surface area (Å²) in [6, 6.07) is 0. The van der Waals surface area contributed by atoms with Crippen LogP contribution in [0.4, 0.5) is 0 Å². The molecule has 0 aromatic rings. The molecule has 0 aliphatic carbocycles. The highest BCUT2D eigenvalue weighted by molar-refractivity contribution is 5.07. The zero-order chi connectivity index (χ0) is 22.8. The maximum Gasteiger partial charge on any atom is 0.0238 e. The molecule has 0 bridgehead atoms. The lowest BCUT2D eigenvalue weighted by atomic mass is 10.0. The Labute approximate surface area is 188 Å². The van der Waals surface area contributed by atoms with Crippen molar-refractivity contribution in [3.63, 3.8) is 0 Å². The third-order valence-corrected chi connectivity index (χ3v) is 5.36. The van der Waals surface area contributed by atoms with E-state index in [2.05, 4.69) is 71.9 Å². The molecule has 0 aliphatic heterocycles. The monoisotopic (exact) mass is 415 g/mol. The van der Waals surface area contributed by atoms with Gasteiger partial charge in [0.25, 0.3) is 0 Å². The van der Waals surface area contributed by atoms with Gasteiger partial charge in [-0.25, -0.2) is 0 Å². The van der Waals surface area contributed by atoms with E-state index in [0.717, 1.165) is 51.5 Å². The van der Waals surface area contributed by atoms with Crippen molar-refractivity contribution in [1.29, 1.82) is 0 Å². The van der Waals surface area contributed by atoms with E-state index in [9.17, 15) is 0 Å². The summed E-state index contributed by atoms with van der Waals surface area (Å²) in [6.45, 7) is 14.1. The maximum absolute atomic E-state index is 9.16. The van der Waals surface area contributed by atoms with E-state index < -0.39 is 0 Å². The second-order valence-corrected chi connectivity index (χ2v) is 9.16.